The van der Waals surface area contributed by atoms with Gasteiger partial charge in [0.05, 0.1) is 19.1 Å². The van der Waals surface area contributed by atoms with E-state index in [1.807, 2.05) is 4.90 Å². The Hall–Kier alpha value is -0.910. The Kier molecular flexibility index (Phi) is 4.70. The highest BCUT2D eigenvalue weighted by Gasteiger charge is 2.30. The molecule has 0 unspecified atom stereocenters. The molecule has 2 aliphatic heterocycles. The van der Waals surface area contributed by atoms with Crippen LogP contribution in [0, 0.1) is 5.92 Å². The highest BCUT2D eigenvalue weighted by Crippen LogP contribution is 2.22. The second kappa shape index (κ2) is 6.70. The fraction of sp³-hybridized carbons (Fsp3) is 0.667. The first-order valence-electron chi connectivity index (χ1n) is 7.44. The van der Waals surface area contributed by atoms with E-state index in [2.05, 4.69) is 22.4 Å². The van der Waals surface area contributed by atoms with Crippen LogP contribution >= 0.6 is 11.3 Å². The number of hydrogen-bond acceptors (Lipinski definition) is 4. The summed E-state index contributed by atoms with van der Waals surface area (Å²) < 4.78 is 5.33. The van der Waals surface area contributed by atoms with Gasteiger partial charge in [-0.2, -0.15) is 0 Å². The lowest BCUT2D eigenvalue weighted by atomic mass is 9.96. The predicted molar refractivity (Wildman–Crippen MR) is 79.7 cm³/mol. The minimum atomic E-state index is 0.182. The van der Waals surface area contributed by atoms with E-state index in [1.54, 1.807) is 11.3 Å². The van der Waals surface area contributed by atoms with Gasteiger partial charge in [-0.3, -0.25) is 9.69 Å². The first kappa shape index (κ1) is 14.0. The maximum atomic E-state index is 12.5. The van der Waals surface area contributed by atoms with Gasteiger partial charge >= 0.3 is 0 Å². The maximum absolute atomic E-state index is 12.5. The van der Waals surface area contributed by atoms with E-state index in [-0.39, 0.29) is 5.92 Å². The van der Waals surface area contributed by atoms with Crippen LogP contribution in [0.15, 0.2) is 17.5 Å². The number of thiophene rings is 1. The molecule has 2 saturated heterocycles. The van der Waals surface area contributed by atoms with Crippen molar-refractivity contribution in [1.29, 1.82) is 0 Å². The molecular formula is C15H22N2O2S. The number of hydrogen-bond donors (Lipinski definition) is 0. The van der Waals surface area contributed by atoms with Gasteiger partial charge in [-0.25, -0.2) is 0 Å². The lowest BCUT2D eigenvalue weighted by molar-refractivity contribution is -0.141. The summed E-state index contributed by atoms with van der Waals surface area (Å²) in [5.74, 6) is 0.519. The van der Waals surface area contributed by atoms with Gasteiger partial charge in [0.15, 0.2) is 0 Å². The lowest BCUT2D eigenvalue weighted by Crippen LogP contribution is -2.48. The van der Waals surface area contributed by atoms with Gasteiger partial charge in [-0.15, -0.1) is 11.3 Å². The average Bonchev–Trinajstić information content (AvgIpc) is 3.01. The molecule has 20 heavy (non-hydrogen) atoms. The second-order valence-electron chi connectivity index (χ2n) is 5.59. The minimum Gasteiger partial charge on any atom is -0.378 e. The largest absolute Gasteiger partial charge is 0.378 e. The summed E-state index contributed by atoms with van der Waals surface area (Å²) in [6.07, 6.45) is 2.17. The topological polar surface area (TPSA) is 32.8 Å². The van der Waals surface area contributed by atoms with Gasteiger partial charge in [0.25, 0.3) is 0 Å². The van der Waals surface area contributed by atoms with Crippen LogP contribution in [0.5, 0.6) is 0 Å². The summed E-state index contributed by atoms with van der Waals surface area (Å²) in [6.45, 7) is 5.93. The Morgan fingerprint density at radius 2 is 2.20 bits per heavy atom. The lowest BCUT2D eigenvalue weighted by Gasteiger charge is -2.36. The van der Waals surface area contributed by atoms with Crippen LogP contribution in [0.25, 0.3) is 0 Å². The molecule has 0 bridgehead atoms. The predicted octanol–water partition coefficient (Wildman–Crippen LogP) is 1.82. The maximum Gasteiger partial charge on any atom is 0.227 e. The van der Waals surface area contributed by atoms with E-state index in [0.717, 1.165) is 45.6 Å². The highest BCUT2D eigenvalue weighted by molar-refractivity contribution is 7.09. The zero-order valence-electron chi connectivity index (χ0n) is 11.8. The van der Waals surface area contributed by atoms with Gasteiger partial charge in [0.2, 0.25) is 5.91 Å². The fourth-order valence-corrected chi connectivity index (χ4v) is 3.81. The number of amides is 1. The van der Waals surface area contributed by atoms with Crippen molar-refractivity contribution in [3.8, 4) is 0 Å². The Labute approximate surface area is 124 Å². The van der Waals surface area contributed by atoms with Crippen LogP contribution in [0.4, 0.5) is 0 Å². The number of carbonyl (C=O) groups excluding carboxylic acids is 1. The van der Waals surface area contributed by atoms with Crippen molar-refractivity contribution in [3.63, 3.8) is 0 Å². The molecule has 0 N–H and O–H groups in total. The summed E-state index contributed by atoms with van der Waals surface area (Å²) in [5, 5.41) is 2.12. The monoisotopic (exact) mass is 294 g/mol. The Balaban J connectivity index is 1.55. The summed E-state index contributed by atoms with van der Waals surface area (Å²) in [5.41, 5.74) is 0. The molecule has 110 valence electrons. The zero-order chi connectivity index (χ0) is 13.8. The van der Waals surface area contributed by atoms with E-state index >= 15 is 0 Å². The molecule has 0 saturated carbocycles. The summed E-state index contributed by atoms with van der Waals surface area (Å²) in [6, 6.07) is 4.28. The third kappa shape index (κ3) is 3.40. The van der Waals surface area contributed by atoms with E-state index in [0.29, 0.717) is 19.1 Å². The van der Waals surface area contributed by atoms with Gasteiger partial charge in [-0.05, 0) is 30.8 Å². The molecule has 0 aliphatic carbocycles. The Morgan fingerprint density at radius 3 is 2.95 bits per heavy atom. The van der Waals surface area contributed by atoms with Crippen molar-refractivity contribution in [2.75, 3.05) is 39.4 Å². The van der Waals surface area contributed by atoms with Gasteiger partial charge in [0.1, 0.15) is 0 Å². The Morgan fingerprint density at radius 1 is 1.35 bits per heavy atom. The standard InChI is InChI=1S/C15H22N2O2S/c18-15(17-6-8-19-9-7-17)13-3-1-5-16(11-13)12-14-4-2-10-20-14/h2,4,10,13H,1,3,5-9,11-12H2/t13-/m0/s1. The number of morpholine rings is 1. The number of likely N-dealkylation sites (tertiary alicyclic amines) is 1. The van der Waals surface area contributed by atoms with Crippen LogP contribution < -0.4 is 0 Å². The quantitative estimate of drug-likeness (QED) is 0.852. The highest BCUT2D eigenvalue weighted by atomic mass is 32.1. The van der Waals surface area contributed by atoms with Crippen LogP contribution in [0.3, 0.4) is 0 Å². The number of piperidine rings is 1. The van der Waals surface area contributed by atoms with Gasteiger partial charge in [0, 0.05) is 31.1 Å². The fourth-order valence-electron chi connectivity index (χ4n) is 3.07. The van der Waals surface area contributed by atoms with Crippen LogP contribution in [0.1, 0.15) is 17.7 Å². The van der Waals surface area contributed by atoms with Crippen molar-refractivity contribution in [2.45, 2.75) is 19.4 Å². The van der Waals surface area contributed by atoms with Crippen molar-refractivity contribution in [2.24, 2.45) is 5.92 Å². The molecule has 1 amide bonds. The number of carbonyl (C=O) groups is 1. The second-order valence-corrected chi connectivity index (χ2v) is 6.62. The van der Waals surface area contributed by atoms with Crippen molar-refractivity contribution in [1.82, 2.24) is 9.80 Å². The number of nitrogens with zero attached hydrogens (tertiary/aromatic N) is 2. The molecule has 3 rings (SSSR count). The molecule has 0 spiro atoms. The van der Waals surface area contributed by atoms with Crippen LogP contribution in [-0.4, -0.2) is 55.1 Å². The molecule has 0 radical (unpaired) electrons. The Bertz CT molecular complexity index is 429. The molecule has 5 heteroatoms. The third-order valence-electron chi connectivity index (χ3n) is 4.14. The SMILES string of the molecule is O=C([C@H]1CCCN(Cc2cccs2)C1)N1CCOCC1. The molecule has 0 aromatic carbocycles. The van der Waals surface area contributed by atoms with E-state index < -0.39 is 0 Å². The van der Waals surface area contributed by atoms with Crippen LogP contribution in [0.2, 0.25) is 0 Å². The summed E-state index contributed by atoms with van der Waals surface area (Å²) in [7, 11) is 0. The van der Waals surface area contributed by atoms with Gasteiger partial charge in [-0.1, -0.05) is 6.07 Å². The summed E-state index contributed by atoms with van der Waals surface area (Å²) >= 11 is 1.80. The zero-order valence-corrected chi connectivity index (χ0v) is 12.6. The van der Waals surface area contributed by atoms with Crippen LogP contribution in [-0.2, 0) is 16.1 Å². The molecule has 2 fully saturated rings. The number of rotatable bonds is 3. The third-order valence-corrected chi connectivity index (χ3v) is 5.00. The van der Waals surface area contributed by atoms with E-state index in [9.17, 15) is 4.79 Å². The van der Waals surface area contributed by atoms with E-state index in [4.69, 9.17) is 4.74 Å². The molecule has 2 aliphatic rings. The van der Waals surface area contributed by atoms with Gasteiger partial charge < -0.3 is 9.64 Å². The van der Waals surface area contributed by atoms with Crippen molar-refractivity contribution < 1.29 is 9.53 Å². The molecule has 1 aromatic heterocycles. The molecule has 1 aromatic rings. The molecular weight excluding hydrogens is 272 g/mol. The smallest absolute Gasteiger partial charge is 0.227 e. The average molecular weight is 294 g/mol. The molecule has 1 atom stereocenters. The summed E-state index contributed by atoms with van der Waals surface area (Å²) in [4.78, 5) is 18.4. The molecule has 3 heterocycles. The minimum absolute atomic E-state index is 0.182. The normalized spacial score (nSPS) is 24.8. The number of ether oxygens (including phenoxy) is 1. The first-order chi connectivity index (χ1) is 9.83. The van der Waals surface area contributed by atoms with E-state index in [1.165, 1.54) is 4.88 Å². The first-order valence-corrected chi connectivity index (χ1v) is 8.32. The van der Waals surface area contributed by atoms with Crippen molar-refractivity contribution >= 4 is 17.2 Å². The van der Waals surface area contributed by atoms with Crippen molar-refractivity contribution in [3.05, 3.63) is 22.4 Å². The molecule has 4 nitrogen and oxygen atoms in total.